The van der Waals surface area contributed by atoms with E-state index in [9.17, 15) is 0 Å². The lowest BCUT2D eigenvalue weighted by Crippen LogP contribution is -2.34. The molecule has 0 bridgehead atoms. The van der Waals surface area contributed by atoms with Crippen LogP contribution in [0.2, 0.25) is 0 Å². The van der Waals surface area contributed by atoms with Gasteiger partial charge in [0.2, 0.25) is 0 Å². The van der Waals surface area contributed by atoms with Gasteiger partial charge in [0, 0.05) is 12.0 Å². The van der Waals surface area contributed by atoms with Gasteiger partial charge < -0.3 is 10.5 Å². The minimum atomic E-state index is -0.291. The van der Waals surface area contributed by atoms with E-state index in [1.54, 1.807) is 0 Å². The molecule has 1 aliphatic rings. The van der Waals surface area contributed by atoms with E-state index in [1.165, 1.54) is 22.3 Å². The zero-order valence-corrected chi connectivity index (χ0v) is 12.9. The molecule has 0 spiro atoms. The molecule has 2 N–H and O–H groups in total. The van der Waals surface area contributed by atoms with E-state index in [2.05, 4.69) is 56.3 Å². The molecule has 2 aromatic carbocycles. The van der Waals surface area contributed by atoms with Gasteiger partial charge in [0.25, 0.3) is 0 Å². The highest BCUT2D eigenvalue weighted by molar-refractivity contribution is 5.40. The Kier molecular flexibility index (Phi) is 3.73. The fourth-order valence-electron chi connectivity index (χ4n) is 3.15. The smallest absolute Gasteiger partial charge is 0.122 e. The Labute approximate surface area is 126 Å². The zero-order valence-electron chi connectivity index (χ0n) is 12.9. The molecule has 1 heterocycles. The molecular weight excluding hydrogens is 258 g/mol. The maximum absolute atomic E-state index is 6.57. The summed E-state index contributed by atoms with van der Waals surface area (Å²) in [6.45, 7) is 5.08. The van der Waals surface area contributed by atoms with Crippen molar-refractivity contribution >= 4 is 0 Å². The molecule has 0 aliphatic carbocycles. The SMILES string of the molecule is Cc1ccccc1C(C)(N)CCc1ccc2c(c1)CCO2. The Bertz CT molecular complexity index is 646. The number of hydrogen-bond donors (Lipinski definition) is 1. The fraction of sp³-hybridized carbons (Fsp3) is 0.368. The van der Waals surface area contributed by atoms with Crippen LogP contribution in [0.15, 0.2) is 42.5 Å². The summed E-state index contributed by atoms with van der Waals surface area (Å²) in [7, 11) is 0. The van der Waals surface area contributed by atoms with Gasteiger partial charge >= 0.3 is 0 Å². The van der Waals surface area contributed by atoms with Crippen molar-refractivity contribution in [2.45, 2.75) is 38.6 Å². The molecule has 21 heavy (non-hydrogen) atoms. The van der Waals surface area contributed by atoms with Crippen molar-refractivity contribution in [3.8, 4) is 5.75 Å². The molecule has 0 amide bonds. The van der Waals surface area contributed by atoms with Gasteiger partial charge in [-0.25, -0.2) is 0 Å². The minimum absolute atomic E-state index is 0.291. The molecule has 2 aromatic rings. The Morgan fingerprint density at radius 2 is 2.00 bits per heavy atom. The Hall–Kier alpha value is -1.80. The van der Waals surface area contributed by atoms with E-state index in [0.717, 1.165) is 31.6 Å². The van der Waals surface area contributed by atoms with Gasteiger partial charge in [-0.15, -0.1) is 0 Å². The van der Waals surface area contributed by atoms with Crippen molar-refractivity contribution < 1.29 is 4.74 Å². The summed E-state index contributed by atoms with van der Waals surface area (Å²) < 4.78 is 5.56. The van der Waals surface area contributed by atoms with Crippen LogP contribution in [0.3, 0.4) is 0 Å². The third-order valence-electron chi connectivity index (χ3n) is 4.45. The lowest BCUT2D eigenvalue weighted by molar-refractivity contribution is 0.357. The number of fused-ring (bicyclic) bond motifs is 1. The van der Waals surface area contributed by atoms with Crippen LogP contribution < -0.4 is 10.5 Å². The summed E-state index contributed by atoms with van der Waals surface area (Å²) >= 11 is 0. The number of nitrogens with two attached hydrogens (primary N) is 1. The van der Waals surface area contributed by atoms with E-state index >= 15 is 0 Å². The predicted molar refractivity (Wildman–Crippen MR) is 86.7 cm³/mol. The van der Waals surface area contributed by atoms with Gasteiger partial charge in [0.05, 0.1) is 6.61 Å². The average Bonchev–Trinajstić information content (AvgIpc) is 2.93. The highest BCUT2D eigenvalue weighted by Gasteiger charge is 2.23. The Morgan fingerprint density at radius 3 is 2.81 bits per heavy atom. The van der Waals surface area contributed by atoms with Gasteiger partial charge in [-0.05, 0) is 55.0 Å². The second-order valence-electron chi connectivity index (χ2n) is 6.27. The first-order chi connectivity index (χ1) is 10.1. The fourth-order valence-corrected chi connectivity index (χ4v) is 3.15. The Morgan fingerprint density at radius 1 is 1.19 bits per heavy atom. The number of benzene rings is 2. The molecule has 1 aliphatic heterocycles. The summed E-state index contributed by atoms with van der Waals surface area (Å²) in [5, 5.41) is 0. The monoisotopic (exact) mass is 281 g/mol. The first-order valence-electron chi connectivity index (χ1n) is 7.66. The van der Waals surface area contributed by atoms with Gasteiger partial charge in [-0.1, -0.05) is 36.4 Å². The van der Waals surface area contributed by atoms with Gasteiger partial charge in [0.15, 0.2) is 0 Å². The molecule has 2 nitrogen and oxygen atoms in total. The second-order valence-corrected chi connectivity index (χ2v) is 6.27. The van der Waals surface area contributed by atoms with E-state index in [0.29, 0.717) is 0 Å². The van der Waals surface area contributed by atoms with Crippen LogP contribution in [-0.4, -0.2) is 6.61 Å². The predicted octanol–water partition coefficient (Wildman–Crippen LogP) is 3.74. The van der Waals surface area contributed by atoms with Crippen LogP contribution in [0.1, 0.15) is 35.6 Å². The van der Waals surface area contributed by atoms with Crippen molar-refractivity contribution in [3.63, 3.8) is 0 Å². The maximum atomic E-state index is 6.57. The number of aryl methyl sites for hydroxylation is 2. The number of ether oxygens (including phenoxy) is 1. The summed E-state index contributed by atoms with van der Waals surface area (Å²) in [6, 6.07) is 14.9. The number of rotatable bonds is 4. The Balaban J connectivity index is 1.73. The topological polar surface area (TPSA) is 35.2 Å². The molecule has 110 valence electrons. The highest BCUT2D eigenvalue weighted by atomic mass is 16.5. The van der Waals surface area contributed by atoms with Crippen LogP contribution in [0.25, 0.3) is 0 Å². The van der Waals surface area contributed by atoms with Crippen molar-refractivity contribution in [1.82, 2.24) is 0 Å². The molecular formula is C19H23NO. The minimum Gasteiger partial charge on any atom is -0.493 e. The standard InChI is InChI=1S/C19H23NO/c1-14-5-3-4-6-17(14)19(2,20)11-9-15-7-8-18-16(13-15)10-12-21-18/h3-8,13H,9-12,20H2,1-2H3. The molecule has 0 aromatic heterocycles. The molecule has 0 radical (unpaired) electrons. The molecule has 1 unspecified atom stereocenters. The van der Waals surface area contributed by atoms with E-state index in [-0.39, 0.29) is 5.54 Å². The van der Waals surface area contributed by atoms with Crippen molar-refractivity contribution in [2.75, 3.05) is 6.61 Å². The maximum Gasteiger partial charge on any atom is 0.122 e. The van der Waals surface area contributed by atoms with Gasteiger partial charge in [-0.2, -0.15) is 0 Å². The van der Waals surface area contributed by atoms with Crippen LogP contribution in [0.5, 0.6) is 5.75 Å². The van der Waals surface area contributed by atoms with Crippen LogP contribution >= 0.6 is 0 Å². The van der Waals surface area contributed by atoms with Gasteiger partial charge in [0.1, 0.15) is 5.75 Å². The molecule has 3 rings (SSSR count). The molecule has 2 heteroatoms. The second kappa shape index (κ2) is 5.53. The summed E-state index contributed by atoms with van der Waals surface area (Å²) in [4.78, 5) is 0. The van der Waals surface area contributed by atoms with Crippen LogP contribution in [0, 0.1) is 6.92 Å². The summed E-state index contributed by atoms with van der Waals surface area (Å²) in [6.07, 6.45) is 2.97. The lowest BCUT2D eigenvalue weighted by Gasteiger charge is -2.27. The summed E-state index contributed by atoms with van der Waals surface area (Å²) in [5.41, 5.74) is 11.5. The normalized spacial score (nSPS) is 16.1. The third kappa shape index (κ3) is 2.96. The van der Waals surface area contributed by atoms with Crippen LogP contribution in [0.4, 0.5) is 0 Å². The third-order valence-corrected chi connectivity index (χ3v) is 4.45. The largest absolute Gasteiger partial charge is 0.493 e. The molecule has 0 saturated carbocycles. The first-order valence-corrected chi connectivity index (χ1v) is 7.66. The van der Waals surface area contributed by atoms with Crippen molar-refractivity contribution in [1.29, 1.82) is 0 Å². The van der Waals surface area contributed by atoms with Crippen LogP contribution in [-0.2, 0) is 18.4 Å². The average molecular weight is 281 g/mol. The van der Waals surface area contributed by atoms with Gasteiger partial charge in [-0.3, -0.25) is 0 Å². The number of hydrogen-bond acceptors (Lipinski definition) is 2. The molecule has 0 fully saturated rings. The van der Waals surface area contributed by atoms with Crippen molar-refractivity contribution in [3.05, 3.63) is 64.7 Å². The molecule has 0 saturated heterocycles. The van der Waals surface area contributed by atoms with Crippen molar-refractivity contribution in [2.24, 2.45) is 5.73 Å². The van der Waals surface area contributed by atoms with E-state index in [4.69, 9.17) is 10.5 Å². The quantitative estimate of drug-likeness (QED) is 0.926. The summed E-state index contributed by atoms with van der Waals surface area (Å²) in [5.74, 6) is 1.05. The highest BCUT2D eigenvalue weighted by Crippen LogP contribution is 2.29. The van der Waals surface area contributed by atoms with E-state index < -0.39 is 0 Å². The molecule has 1 atom stereocenters. The van der Waals surface area contributed by atoms with E-state index in [1.807, 2.05) is 0 Å². The first kappa shape index (κ1) is 14.2. The zero-order chi connectivity index (χ0) is 14.9. The lowest BCUT2D eigenvalue weighted by atomic mass is 9.84.